The maximum atomic E-state index is 12.3. The van der Waals surface area contributed by atoms with Crippen molar-refractivity contribution >= 4 is 22.7 Å². The van der Waals surface area contributed by atoms with Gasteiger partial charge in [0, 0.05) is 17.1 Å². The van der Waals surface area contributed by atoms with Gasteiger partial charge in [-0.3, -0.25) is 20.4 Å². The second-order valence-electron chi connectivity index (χ2n) is 5.77. The number of fused-ring (bicyclic) bond motifs is 1. The monoisotopic (exact) mass is 337 g/mol. The molecule has 0 aliphatic rings. The number of carbonyl (C=O) groups is 2. The first-order chi connectivity index (χ1) is 12.0. The minimum absolute atomic E-state index is 0.395. The molecule has 128 valence electrons. The number of benzene rings is 2. The largest absolute Gasteiger partial charge is 0.481 e. The lowest BCUT2D eigenvalue weighted by Crippen LogP contribution is -2.47. The second-order valence-corrected chi connectivity index (χ2v) is 5.77. The average molecular weight is 337 g/mol. The Morgan fingerprint density at radius 2 is 1.88 bits per heavy atom. The van der Waals surface area contributed by atoms with Gasteiger partial charge >= 0.3 is 0 Å². The molecule has 3 aromatic rings. The Morgan fingerprint density at radius 3 is 2.68 bits per heavy atom. The average Bonchev–Trinajstić information content (AvgIpc) is 3.03. The molecule has 0 saturated carbocycles. The van der Waals surface area contributed by atoms with Crippen molar-refractivity contribution in [3.05, 3.63) is 65.9 Å². The van der Waals surface area contributed by atoms with Crippen LogP contribution in [-0.4, -0.2) is 22.9 Å². The SMILES string of the molecule is Cc1cccc(OC(C)C(=O)NNC(=O)c2c[nH]c3ccccc23)c1. The first-order valence-electron chi connectivity index (χ1n) is 7.94. The van der Waals surface area contributed by atoms with E-state index >= 15 is 0 Å². The molecule has 6 heteroatoms. The number of aromatic nitrogens is 1. The summed E-state index contributed by atoms with van der Waals surface area (Å²) >= 11 is 0. The Labute approximate surface area is 145 Å². The molecule has 0 fully saturated rings. The van der Waals surface area contributed by atoms with Crippen molar-refractivity contribution in [2.45, 2.75) is 20.0 Å². The second kappa shape index (κ2) is 7.09. The zero-order chi connectivity index (χ0) is 17.8. The van der Waals surface area contributed by atoms with E-state index in [-0.39, 0.29) is 0 Å². The third-order valence-corrected chi connectivity index (χ3v) is 3.80. The fourth-order valence-electron chi connectivity index (χ4n) is 2.49. The number of amides is 2. The number of aryl methyl sites for hydroxylation is 1. The number of ether oxygens (including phenoxy) is 1. The van der Waals surface area contributed by atoms with Gasteiger partial charge in [-0.05, 0) is 37.6 Å². The van der Waals surface area contributed by atoms with Crippen LogP contribution in [0, 0.1) is 6.92 Å². The number of carbonyl (C=O) groups excluding carboxylic acids is 2. The van der Waals surface area contributed by atoms with Gasteiger partial charge in [0.25, 0.3) is 11.8 Å². The summed E-state index contributed by atoms with van der Waals surface area (Å²) in [4.78, 5) is 27.4. The zero-order valence-electron chi connectivity index (χ0n) is 14.0. The maximum absolute atomic E-state index is 12.3. The van der Waals surface area contributed by atoms with E-state index in [0.29, 0.717) is 11.3 Å². The Hall–Kier alpha value is -3.28. The molecule has 0 radical (unpaired) electrons. The summed E-state index contributed by atoms with van der Waals surface area (Å²) in [5.74, 6) is -0.228. The van der Waals surface area contributed by atoms with Crippen molar-refractivity contribution in [3.8, 4) is 5.75 Å². The zero-order valence-corrected chi connectivity index (χ0v) is 14.0. The highest BCUT2D eigenvalue weighted by Gasteiger charge is 2.17. The maximum Gasteiger partial charge on any atom is 0.279 e. The highest BCUT2D eigenvalue weighted by Crippen LogP contribution is 2.17. The van der Waals surface area contributed by atoms with Crippen LogP contribution in [0.1, 0.15) is 22.8 Å². The number of hydrogen-bond donors (Lipinski definition) is 3. The number of aromatic amines is 1. The van der Waals surface area contributed by atoms with Gasteiger partial charge in [-0.2, -0.15) is 0 Å². The Bertz CT molecular complexity index is 917. The smallest absolute Gasteiger partial charge is 0.279 e. The number of H-pyrrole nitrogens is 1. The number of hydrazine groups is 1. The van der Waals surface area contributed by atoms with Gasteiger partial charge < -0.3 is 9.72 Å². The summed E-state index contributed by atoms with van der Waals surface area (Å²) in [7, 11) is 0. The molecule has 2 amide bonds. The number of rotatable bonds is 4. The van der Waals surface area contributed by atoms with Gasteiger partial charge in [0.05, 0.1) is 5.56 Å². The molecule has 25 heavy (non-hydrogen) atoms. The molecule has 0 aliphatic heterocycles. The predicted octanol–water partition coefficient (Wildman–Crippen LogP) is 2.70. The van der Waals surface area contributed by atoms with E-state index in [1.165, 1.54) is 0 Å². The molecular formula is C19H19N3O3. The van der Waals surface area contributed by atoms with E-state index in [9.17, 15) is 9.59 Å². The molecule has 6 nitrogen and oxygen atoms in total. The van der Waals surface area contributed by atoms with E-state index in [0.717, 1.165) is 16.5 Å². The molecular weight excluding hydrogens is 318 g/mol. The van der Waals surface area contributed by atoms with Gasteiger partial charge in [-0.15, -0.1) is 0 Å². The van der Waals surface area contributed by atoms with Crippen molar-refractivity contribution in [2.24, 2.45) is 0 Å². The lowest BCUT2D eigenvalue weighted by Gasteiger charge is -2.15. The van der Waals surface area contributed by atoms with Crippen LogP contribution >= 0.6 is 0 Å². The molecule has 1 atom stereocenters. The first kappa shape index (κ1) is 16.6. The predicted molar refractivity (Wildman–Crippen MR) is 95.2 cm³/mol. The fourth-order valence-corrected chi connectivity index (χ4v) is 2.49. The van der Waals surface area contributed by atoms with Crippen molar-refractivity contribution in [1.82, 2.24) is 15.8 Å². The fraction of sp³-hybridized carbons (Fsp3) is 0.158. The highest BCUT2D eigenvalue weighted by molar-refractivity contribution is 6.07. The molecule has 0 saturated heterocycles. The molecule has 0 spiro atoms. The number of hydrogen-bond acceptors (Lipinski definition) is 3. The lowest BCUT2D eigenvalue weighted by molar-refractivity contribution is -0.128. The van der Waals surface area contributed by atoms with Gasteiger partial charge in [0.1, 0.15) is 5.75 Å². The lowest BCUT2D eigenvalue weighted by atomic mass is 10.2. The van der Waals surface area contributed by atoms with Gasteiger partial charge in [-0.1, -0.05) is 30.3 Å². The summed E-state index contributed by atoms with van der Waals surface area (Å²) in [6.45, 7) is 3.56. The van der Waals surface area contributed by atoms with Crippen LogP contribution in [0.3, 0.4) is 0 Å². The molecule has 1 unspecified atom stereocenters. The summed E-state index contributed by atoms with van der Waals surface area (Å²) in [6.07, 6.45) is 0.865. The van der Waals surface area contributed by atoms with E-state index < -0.39 is 17.9 Å². The summed E-state index contributed by atoms with van der Waals surface area (Å²) < 4.78 is 5.58. The Kier molecular flexibility index (Phi) is 4.70. The van der Waals surface area contributed by atoms with Crippen molar-refractivity contribution in [1.29, 1.82) is 0 Å². The molecule has 1 heterocycles. The van der Waals surface area contributed by atoms with E-state index in [1.54, 1.807) is 19.2 Å². The summed E-state index contributed by atoms with van der Waals surface area (Å²) in [5.41, 5.74) is 7.17. The van der Waals surface area contributed by atoms with Crippen molar-refractivity contribution < 1.29 is 14.3 Å². The molecule has 3 rings (SSSR count). The van der Waals surface area contributed by atoms with Gasteiger partial charge in [0.2, 0.25) is 0 Å². The first-order valence-corrected chi connectivity index (χ1v) is 7.94. The third kappa shape index (κ3) is 3.80. The van der Waals surface area contributed by atoms with Crippen LogP contribution < -0.4 is 15.6 Å². The van der Waals surface area contributed by atoms with Crippen LogP contribution in [0.4, 0.5) is 0 Å². The molecule has 2 aromatic carbocycles. The van der Waals surface area contributed by atoms with E-state index in [1.807, 2.05) is 49.4 Å². The molecule has 0 aliphatic carbocycles. The third-order valence-electron chi connectivity index (χ3n) is 3.80. The minimum Gasteiger partial charge on any atom is -0.481 e. The van der Waals surface area contributed by atoms with Crippen LogP contribution in [0.2, 0.25) is 0 Å². The van der Waals surface area contributed by atoms with Crippen LogP contribution in [0.15, 0.2) is 54.7 Å². The Balaban J connectivity index is 1.59. The Morgan fingerprint density at radius 1 is 1.08 bits per heavy atom. The number of para-hydroxylation sites is 1. The molecule has 0 bridgehead atoms. The number of nitrogens with one attached hydrogen (secondary N) is 3. The van der Waals surface area contributed by atoms with Gasteiger partial charge in [-0.25, -0.2) is 0 Å². The van der Waals surface area contributed by atoms with Crippen molar-refractivity contribution in [2.75, 3.05) is 0 Å². The summed E-state index contributed by atoms with van der Waals surface area (Å²) in [5, 5.41) is 0.790. The molecule has 1 aromatic heterocycles. The standard InChI is InChI=1S/C19H19N3O3/c1-12-6-5-7-14(10-12)25-13(2)18(23)21-22-19(24)16-11-20-17-9-4-3-8-15(16)17/h3-11,13,20H,1-2H3,(H,21,23)(H,22,24). The summed E-state index contributed by atoms with van der Waals surface area (Å²) in [6, 6.07) is 14.9. The highest BCUT2D eigenvalue weighted by atomic mass is 16.5. The van der Waals surface area contributed by atoms with Crippen LogP contribution in [0.5, 0.6) is 5.75 Å². The molecule has 3 N–H and O–H groups in total. The minimum atomic E-state index is -0.745. The van der Waals surface area contributed by atoms with E-state index in [4.69, 9.17) is 4.74 Å². The van der Waals surface area contributed by atoms with Crippen LogP contribution in [0.25, 0.3) is 10.9 Å². The quantitative estimate of drug-likeness (QED) is 0.640. The topological polar surface area (TPSA) is 83.2 Å². The van der Waals surface area contributed by atoms with Crippen molar-refractivity contribution in [3.63, 3.8) is 0 Å². The normalized spacial score (nSPS) is 11.8. The van der Waals surface area contributed by atoms with Crippen LogP contribution in [-0.2, 0) is 4.79 Å². The van der Waals surface area contributed by atoms with E-state index in [2.05, 4.69) is 15.8 Å². The van der Waals surface area contributed by atoms with Gasteiger partial charge in [0.15, 0.2) is 6.10 Å².